The number of nitriles is 2. The fourth-order valence-electron chi connectivity index (χ4n) is 1.05. The van der Waals surface area contributed by atoms with E-state index in [-0.39, 0.29) is 11.3 Å². The van der Waals surface area contributed by atoms with Crippen LogP contribution in [0.2, 0.25) is 0 Å². The van der Waals surface area contributed by atoms with Crippen molar-refractivity contribution in [3.8, 4) is 12.1 Å². The molecule has 92 valence electrons. The Morgan fingerprint density at radius 3 is 2.39 bits per heavy atom. The summed E-state index contributed by atoms with van der Waals surface area (Å²) in [5.74, 6) is 0. The van der Waals surface area contributed by atoms with Crippen molar-refractivity contribution in [1.29, 1.82) is 10.5 Å². The van der Waals surface area contributed by atoms with Crippen LogP contribution in [-0.4, -0.2) is 0 Å². The molecule has 1 aromatic carbocycles. The number of hydrogen-bond donors (Lipinski definition) is 1. The molecule has 0 heterocycles. The van der Waals surface area contributed by atoms with Gasteiger partial charge in [0, 0.05) is 10.7 Å². The predicted molar refractivity (Wildman–Crippen MR) is 62.1 cm³/mol. The van der Waals surface area contributed by atoms with E-state index in [1.165, 1.54) is 6.07 Å². The fourth-order valence-corrected chi connectivity index (χ4v) is 1.41. The molecule has 7 heteroatoms. The molecule has 18 heavy (non-hydrogen) atoms. The van der Waals surface area contributed by atoms with Crippen molar-refractivity contribution >= 4 is 21.6 Å². The Labute approximate surface area is 109 Å². The number of allylic oxidation sites excluding steroid dienone is 1. The van der Waals surface area contributed by atoms with Crippen LogP contribution >= 0.6 is 15.9 Å². The number of halogens is 4. The first-order valence-corrected chi connectivity index (χ1v) is 5.31. The van der Waals surface area contributed by atoms with Gasteiger partial charge in [-0.1, -0.05) is 0 Å². The number of nitrogens with zero attached hydrogens (tertiary/aromatic N) is 2. The zero-order valence-corrected chi connectivity index (χ0v) is 10.3. The third-order valence-electron chi connectivity index (χ3n) is 1.91. The Bertz CT molecular complexity index is 548. The number of rotatable bonds is 2. The van der Waals surface area contributed by atoms with E-state index in [0.29, 0.717) is 4.47 Å². The van der Waals surface area contributed by atoms with Crippen molar-refractivity contribution in [3.63, 3.8) is 0 Å². The summed E-state index contributed by atoms with van der Waals surface area (Å²) < 4.78 is 37.8. The van der Waals surface area contributed by atoms with Gasteiger partial charge in [-0.3, -0.25) is 0 Å². The van der Waals surface area contributed by atoms with Crippen molar-refractivity contribution in [2.75, 3.05) is 5.32 Å². The van der Waals surface area contributed by atoms with Gasteiger partial charge in [0.15, 0.2) is 0 Å². The zero-order valence-electron chi connectivity index (χ0n) is 8.72. The standard InChI is InChI=1S/C11H5BrF3N3/c12-9-2-1-8(11(13,14)15)3-10(9)18-6-7(4-16)5-17/h1-3,6,18H. The van der Waals surface area contributed by atoms with Gasteiger partial charge in [-0.15, -0.1) is 0 Å². The van der Waals surface area contributed by atoms with Crippen molar-refractivity contribution < 1.29 is 13.2 Å². The molecule has 1 rings (SSSR count). The maximum absolute atomic E-state index is 12.5. The summed E-state index contributed by atoms with van der Waals surface area (Å²) in [5.41, 5.74) is -0.941. The van der Waals surface area contributed by atoms with Crippen LogP contribution in [0.1, 0.15) is 5.56 Å². The minimum Gasteiger partial charge on any atom is -0.359 e. The average molecular weight is 316 g/mol. The molecule has 0 aliphatic rings. The van der Waals surface area contributed by atoms with Crippen LogP contribution in [-0.2, 0) is 6.18 Å². The van der Waals surface area contributed by atoms with E-state index in [9.17, 15) is 13.2 Å². The summed E-state index contributed by atoms with van der Waals surface area (Å²) in [6.07, 6.45) is -3.41. The van der Waals surface area contributed by atoms with Crippen LogP contribution in [0.3, 0.4) is 0 Å². The minimum absolute atomic E-state index is 0.118. The van der Waals surface area contributed by atoms with Gasteiger partial charge in [-0.05, 0) is 34.1 Å². The molecular formula is C11H5BrF3N3. The molecule has 0 unspecified atom stereocenters. The third kappa shape index (κ3) is 3.51. The van der Waals surface area contributed by atoms with Gasteiger partial charge in [0.25, 0.3) is 0 Å². The van der Waals surface area contributed by atoms with E-state index in [1.54, 1.807) is 12.1 Å². The second-order valence-corrected chi connectivity index (χ2v) is 3.97. The third-order valence-corrected chi connectivity index (χ3v) is 2.60. The first-order chi connectivity index (χ1) is 8.38. The van der Waals surface area contributed by atoms with E-state index in [0.717, 1.165) is 18.3 Å². The van der Waals surface area contributed by atoms with Gasteiger partial charge < -0.3 is 5.32 Å². The molecule has 0 amide bonds. The summed E-state index contributed by atoms with van der Waals surface area (Å²) in [5, 5.41) is 19.4. The zero-order chi connectivity index (χ0) is 13.8. The highest BCUT2D eigenvalue weighted by molar-refractivity contribution is 9.10. The highest BCUT2D eigenvalue weighted by atomic mass is 79.9. The maximum Gasteiger partial charge on any atom is 0.416 e. The summed E-state index contributed by atoms with van der Waals surface area (Å²) in [6.45, 7) is 0. The maximum atomic E-state index is 12.5. The Morgan fingerprint density at radius 2 is 1.89 bits per heavy atom. The Balaban J connectivity index is 3.08. The second kappa shape index (κ2) is 5.56. The number of benzene rings is 1. The van der Waals surface area contributed by atoms with E-state index in [4.69, 9.17) is 10.5 Å². The molecule has 0 aromatic heterocycles. The van der Waals surface area contributed by atoms with Gasteiger partial charge in [0.2, 0.25) is 0 Å². The Morgan fingerprint density at radius 1 is 1.28 bits per heavy atom. The minimum atomic E-state index is -4.45. The molecule has 0 fully saturated rings. The smallest absolute Gasteiger partial charge is 0.359 e. The first kappa shape index (κ1) is 14.1. The number of nitrogens with one attached hydrogen (secondary N) is 1. The summed E-state index contributed by atoms with van der Waals surface area (Å²) in [7, 11) is 0. The molecule has 1 N–H and O–H groups in total. The van der Waals surface area contributed by atoms with Crippen LogP contribution in [0.25, 0.3) is 0 Å². The monoisotopic (exact) mass is 315 g/mol. The van der Waals surface area contributed by atoms with Crippen LogP contribution in [0.5, 0.6) is 0 Å². The van der Waals surface area contributed by atoms with Gasteiger partial charge in [0.1, 0.15) is 17.7 Å². The molecule has 0 radical (unpaired) electrons. The fraction of sp³-hybridized carbons (Fsp3) is 0.0909. The predicted octanol–water partition coefficient (Wildman–Crippen LogP) is 3.81. The van der Waals surface area contributed by atoms with E-state index in [2.05, 4.69) is 21.2 Å². The summed E-state index contributed by atoms with van der Waals surface area (Å²) >= 11 is 3.07. The molecular weight excluding hydrogens is 311 g/mol. The van der Waals surface area contributed by atoms with Gasteiger partial charge in [0.05, 0.1) is 11.3 Å². The lowest BCUT2D eigenvalue weighted by Gasteiger charge is -2.10. The van der Waals surface area contributed by atoms with Gasteiger partial charge in [-0.25, -0.2) is 0 Å². The SMILES string of the molecule is N#CC(C#N)=CNc1cc(C(F)(F)F)ccc1Br. The molecule has 0 aliphatic carbocycles. The summed E-state index contributed by atoms with van der Waals surface area (Å²) in [4.78, 5) is 0. The molecule has 3 nitrogen and oxygen atoms in total. The second-order valence-electron chi connectivity index (χ2n) is 3.12. The van der Waals surface area contributed by atoms with E-state index >= 15 is 0 Å². The van der Waals surface area contributed by atoms with Crippen LogP contribution in [0.15, 0.2) is 34.4 Å². The first-order valence-electron chi connectivity index (χ1n) is 4.52. The molecule has 0 spiro atoms. The molecule has 0 saturated heterocycles. The van der Waals surface area contributed by atoms with Crippen molar-refractivity contribution in [2.24, 2.45) is 0 Å². The van der Waals surface area contributed by atoms with Gasteiger partial charge in [-0.2, -0.15) is 23.7 Å². The largest absolute Gasteiger partial charge is 0.416 e. The van der Waals surface area contributed by atoms with Gasteiger partial charge >= 0.3 is 6.18 Å². The Hall–Kier alpha value is -1.99. The Kier molecular flexibility index (Phi) is 4.35. The quantitative estimate of drug-likeness (QED) is 0.844. The van der Waals surface area contributed by atoms with Crippen LogP contribution < -0.4 is 5.32 Å². The average Bonchev–Trinajstić information content (AvgIpc) is 2.31. The number of alkyl halides is 3. The highest BCUT2D eigenvalue weighted by Gasteiger charge is 2.30. The molecule has 1 aromatic rings. The highest BCUT2D eigenvalue weighted by Crippen LogP contribution is 2.33. The lowest BCUT2D eigenvalue weighted by atomic mass is 10.2. The number of hydrogen-bond acceptors (Lipinski definition) is 3. The molecule has 0 saturated carbocycles. The van der Waals surface area contributed by atoms with Crippen molar-refractivity contribution in [1.82, 2.24) is 0 Å². The number of anilines is 1. The molecule has 0 aliphatic heterocycles. The van der Waals surface area contributed by atoms with E-state index in [1.807, 2.05) is 0 Å². The normalized spacial score (nSPS) is 10.1. The topological polar surface area (TPSA) is 59.6 Å². The summed E-state index contributed by atoms with van der Waals surface area (Å²) in [6, 6.07) is 6.21. The lowest BCUT2D eigenvalue weighted by molar-refractivity contribution is -0.137. The van der Waals surface area contributed by atoms with Crippen LogP contribution in [0, 0.1) is 22.7 Å². The molecule has 0 atom stereocenters. The van der Waals surface area contributed by atoms with E-state index < -0.39 is 11.7 Å². The van der Waals surface area contributed by atoms with Crippen LogP contribution in [0.4, 0.5) is 18.9 Å². The van der Waals surface area contributed by atoms with Crippen molar-refractivity contribution in [2.45, 2.75) is 6.18 Å². The van der Waals surface area contributed by atoms with Crippen molar-refractivity contribution in [3.05, 3.63) is 40.0 Å². The lowest BCUT2D eigenvalue weighted by Crippen LogP contribution is -2.05. The molecule has 0 bridgehead atoms.